The van der Waals surface area contributed by atoms with Crippen molar-refractivity contribution < 1.29 is 4.42 Å². The first kappa shape index (κ1) is 38.0. The van der Waals surface area contributed by atoms with Crippen LogP contribution in [0.1, 0.15) is 44.5 Å². The second-order valence-electron chi connectivity index (χ2n) is 17.6. The fraction of sp³-hybridized carbons (Fsp3) is 0.0312. The van der Waals surface area contributed by atoms with Crippen LogP contribution in [-0.4, -0.2) is 0 Å². The third kappa shape index (κ3) is 5.55. The van der Waals surface area contributed by atoms with Crippen LogP contribution in [0.2, 0.25) is 0 Å². The molecule has 0 spiro atoms. The summed E-state index contributed by atoms with van der Waals surface area (Å²) in [6.45, 7) is 0. The lowest BCUT2D eigenvalue weighted by molar-refractivity contribution is 0.616. The van der Waals surface area contributed by atoms with Crippen molar-refractivity contribution in [2.75, 3.05) is 4.90 Å². The maximum Gasteiger partial charge on any atom is 0.133 e. The molecule has 2 heteroatoms. The Bertz CT molecular complexity index is 3330. The Morgan fingerprint density at radius 3 is 1.21 bits per heavy atom. The molecule has 2 aliphatic rings. The summed E-state index contributed by atoms with van der Waals surface area (Å²) in [6.07, 6.45) is 1.76. The van der Waals surface area contributed by atoms with E-state index in [0.29, 0.717) is 0 Å². The van der Waals surface area contributed by atoms with Gasteiger partial charge in [0.05, 0.1) is 17.1 Å². The fourth-order valence-electron chi connectivity index (χ4n) is 11.6. The molecule has 13 rings (SSSR count). The highest BCUT2D eigenvalue weighted by Crippen LogP contribution is 2.59. The number of anilines is 3. The van der Waals surface area contributed by atoms with Crippen molar-refractivity contribution in [3.8, 4) is 33.4 Å². The largest absolute Gasteiger partial charge is 0.464 e. The van der Waals surface area contributed by atoms with Crippen LogP contribution in [0, 0.1) is 0 Å². The molecule has 1 aromatic heterocycles. The zero-order valence-corrected chi connectivity index (χ0v) is 36.2. The van der Waals surface area contributed by atoms with Crippen molar-refractivity contribution in [3.05, 3.63) is 306 Å². The topological polar surface area (TPSA) is 16.4 Å². The molecule has 10 aromatic carbocycles. The maximum absolute atomic E-state index is 5.76. The van der Waals surface area contributed by atoms with Gasteiger partial charge in [-0.2, -0.15) is 0 Å². The van der Waals surface area contributed by atoms with Crippen LogP contribution in [-0.2, 0) is 10.8 Å². The molecule has 0 amide bonds. The molecule has 0 unspecified atom stereocenters. The molecule has 2 aliphatic carbocycles. The third-order valence-electron chi connectivity index (χ3n) is 14.3. The average molecular weight is 842 g/mol. The summed E-state index contributed by atoms with van der Waals surface area (Å²) in [7, 11) is 0. The predicted molar refractivity (Wildman–Crippen MR) is 271 cm³/mol. The van der Waals surface area contributed by atoms with Gasteiger partial charge in [-0.05, 0) is 132 Å². The third-order valence-corrected chi connectivity index (χ3v) is 14.3. The van der Waals surface area contributed by atoms with Crippen LogP contribution < -0.4 is 4.90 Å². The summed E-state index contributed by atoms with van der Waals surface area (Å²) in [5.41, 5.74) is 20.4. The molecular weight excluding hydrogens is 799 g/mol. The molecule has 0 N–H and O–H groups in total. The Morgan fingerprint density at radius 2 is 0.712 bits per heavy atom. The molecule has 0 fully saturated rings. The highest BCUT2D eigenvalue weighted by molar-refractivity contribution is 5.93. The van der Waals surface area contributed by atoms with Crippen LogP contribution in [0.15, 0.2) is 265 Å². The summed E-state index contributed by atoms with van der Waals surface area (Å²) in [4.78, 5) is 2.48. The first-order valence-corrected chi connectivity index (χ1v) is 22.8. The molecule has 11 aromatic rings. The second kappa shape index (κ2) is 15.1. The van der Waals surface area contributed by atoms with E-state index in [-0.39, 0.29) is 0 Å². The van der Waals surface area contributed by atoms with Gasteiger partial charge in [-0.3, -0.25) is 0 Å². The Balaban J connectivity index is 1.09. The Hall–Kier alpha value is -8.46. The highest BCUT2D eigenvalue weighted by Gasteiger charge is 2.48. The highest BCUT2D eigenvalue weighted by atomic mass is 16.3. The van der Waals surface area contributed by atoms with E-state index in [1.165, 1.54) is 66.8 Å². The van der Waals surface area contributed by atoms with Crippen molar-refractivity contribution in [1.29, 1.82) is 0 Å². The molecule has 0 aliphatic heterocycles. The van der Waals surface area contributed by atoms with Crippen molar-refractivity contribution >= 4 is 28.0 Å². The predicted octanol–water partition coefficient (Wildman–Crippen LogP) is 16.3. The van der Waals surface area contributed by atoms with Gasteiger partial charge in [0.1, 0.15) is 5.58 Å². The SMILES string of the molecule is c1ccc(C2(c3ccccc3)c3ccccc3-c3ccc(N(c4cccc(-c5ccc6occc6c5)c4)c4ccc5c(c4)C(c4ccccc4)(c4ccccc4)c4ccccc4-5)cc32)cc1. The standard InChI is InChI=1S/C64H43NO/c1-5-19-47(20-6-1)63(48-21-7-2-8-22-48)58-30-15-13-28-54(58)56-35-33-52(42-60(56)63)65(51-27-17-18-44(41-51)45-32-37-62-46(40-45)38-39-66-62)53-34-36-57-55-29-14-16-31-59(55)64(61(57)43-53,49-23-9-3-10-24-49)50-25-11-4-12-26-50/h1-43H. The number of nitrogens with zero attached hydrogens (tertiary/aromatic N) is 1. The Kier molecular flexibility index (Phi) is 8.69. The van der Waals surface area contributed by atoms with E-state index in [9.17, 15) is 0 Å². The van der Waals surface area contributed by atoms with Gasteiger partial charge in [-0.1, -0.05) is 200 Å². The minimum Gasteiger partial charge on any atom is -0.464 e. The lowest BCUT2D eigenvalue weighted by atomic mass is 9.67. The van der Waals surface area contributed by atoms with Crippen LogP contribution >= 0.6 is 0 Å². The molecule has 0 saturated heterocycles. The number of benzene rings is 10. The Morgan fingerprint density at radius 1 is 0.288 bits per heavy atom. The molecular formula is C64H43NO. The minimum absolute atomic E-state index is 0.548. The number of fused-ring (bicyclic) bond motifs is 7. The first-order chi connectivity index (χ1) is 32.7. The van der Waals surface area contributed by atoms with Crippen LogP contribution in [0.4, 0.5) is 17.1 Å². The number of furan rings is 1. The first-order valence-electron chi connectivity index (χ1n) is 22.8. The summed E-state index contributed by atoms with van der Waals surface area (Å²) >= 11 is 0. The van der Waals surface area contributed by atoms with Gasteiger partial charge < -0.3 is 9.32 Å². The molecule has 0 bridgehead atoms. The lowest BCUT2D eigenvalue weighted by Gasteiger charge is -2.36. The maximum atomic E-state index is 5.76. The zero-order valence-electron chi connectivity index (χ0n) is 36.2. The monoisotopic (exact) mass is 841 g/mol. The lowest BCUT2D eigenvalue weighted by Crippen LogP contribution is -2.29. The van der Waals surface area contributed by atoms with Gasteiger partial charge in [0.25, 0.3) is 0 Å². The average Bonchev–Trinajstić information content (AvgIpc) is 4.08. The van der Waals surface area contributed by atoms with Crippen LogP contribution in [0.5, 0.6) is 0 Å². The summed E-state index contributed by atoms with van der Waals surface area (Å²) < 4.78 is 5.76. The molecule has 0 atom stereocenters. The van der Waals surface area contributed by atoms with Crippen molar-refractivity contribution in [3.63, 3.8) is 0 Å². The summed E-state index contributed by atoms with van der Waals surface area (Å²) in [5, 5.41) is 1.09. The molecule has 1 heterocycles. The molecule has 66 heavy (non-hydrogen) atoms. The summed E-state index contributed by atoms with van der Waals surface area (Å²) in [6, 6.07) is 94.2. The van der Waals surface area contributed by atoms with Gasteiger partial charge in [0.15, 0.2) is 0 Å². The van der Waals surface area contributed by atoms with E-state index in [4.69, 9.17) is 4.42 Å². The summed E-state index contributed by atoms with van der Waals surface area (Å²) in [5.74, 6) is 0. The van der Waals surface area contributed by atoms with Crippen molar-refractivity contribution in [2.45, 2.75) is 10.8 Å². The number of hydrogen-bond donors (Lipinski definition) is 0. The fourth-order valence-corrected chi connectivity index (χ4v) is 11.6. The van der Waals surface area contributed by atoms with E-state index in [0.717, 1.165) is 39.2 Å². The van der Waals surface area contributed by atoms with Gasteiger partial charge >= 0.3 is 0 Å². The van der Waals surface area contributed by atoms with E-state index < -0.39 is 10.8 Å². The number of rotatable bonds is 8. The van der Waals surface area contributed by atoms with Crippen LogP contribution in [0.25, 0.3) is 44.3 Å². The second-order valence-corrected chi connectivity index (χ2v) is 17.6. The molecule has 0 saturated carbocycles. The van der Waals surface area contributed by atoms with Gasteiger partial charge in [-0.25, -0.2) is 0 Å². The van der Waals surface area contributed by atoms with Crippen molar-refractivity contribution in [1.82, 2.24) is 0 Å². The minimum atomic E-state index is -0.548. The van der Waals surface area contributed by atoms with Crippen LogP contribution in [0.3, 0.4) is 0 Å². The Labute approximate surface area is 385 Å². The molecule has 310 valence electrons. The number of hydrogen-bond acceptors (Lipinski definition) is 2. The van der Waals surface area contributed by atoms with Gasteiger partial charge in [0, 0.05) is 22.4 Å². The smallest absolute Gasteiger partial charge is 0.133 e. The van der Waals surface area contributed by atoms with E-state index in [2.05, 4.69) is 254 Å². The zero-order chi connectivity index (χ0) is 43.7. The van der Waals surface area contributed by atoms with E-state index >= 15 is 0 Å². The quantitative estimate of drug-likeness (QED) is 0.152. The van der Waals surface area contributed by atoms with E-state index in [1.807, 2.05) is 6.07 Å². The van der Waals surface area contributed by atoms with Gasteiger partial charge in [-0.15, -0.1) is 0 Å². The van der Waals surface area contributed by atoms with E-state index in [1.54, 1.807) is 6.26 Å². The van der Waals surface area contributed by atoms with Crippen molar-refractivity contribution in [2.24, 2.45) is 0 Å². The normalized spacial score (nSPS) is 13.7. The molecule has 2 nitrogen and oxygen atoms in total. The van der Waals surface area contributed by atoms with Gasteiger partial charge in [0.2, 0.25) is 0 Å². The molecule has 0 radical (unpaired) electrons.